The van der Waals surface area contributed by atoms with Crippen LogP contribution in [0, 0.1) is 0 Å². The first kappa shape index (κ1) is 13.6. The molecule has 1 aromatic rings. The van der Waals surface area contributed by atoms with E-state index in [2.05, 4.69) is 6.58 Å². The Hall–Kier alpha value is -1.42. The summed E-state index contributed by atoms with van der Waals surface area (Å²) in [5.74, 6) is -0.112. The lowest BCUT2D eigenvalue weighted by Gasteiger charge is -2.10. The third kappa shape index (κ3) is 3.82. The van der Waals surface area contributed by atoms with E-state index < -0.39 is 16.8 Å². The molecule has 0 spiro atoms. The van der Waals surface area contributed by atoms with Gasteiger partial charge in [-0.3, -0.25) is 4.21 Å². The van der Waals surface area contributed by atoms with Crippen LogP contribution in [0.1, 0.15) is 24.2 Å². The number of esters is 1. The fraction of sp³-hybridized carbons (Fsp3) is 0.308. The molecule has 17 heavy (non-hydrogen) atoms. The maximum absolute atomic E-state index is 11.9. The summed E-state index contributed by atoms with van der Waals surface area (Å²) < 4.78 is 17.0. The van der Waals surface area contributed by atoms with Crippen LogP contribution in [0.25, 0.3) is 0 Å². The Morgan fingerprint density at radius 1 is 1.47 bits per heavy atom. The third-order valence-electron chi connectivity index (χ3n) is 1.96. The monoisotopic (exact) mass is 252 g/mol. The zero-order valence-corrected chi connectivity index (χ0v) is 10.8. The van der Waals surface area contributed by atoms with Crippen molar-refractivity contribution in [1.82, 2.24) is 0 Å². The molecule has 1 rings (SSSR count). The van der Waals surface area contributed by atoms with E-state index >= 15 is 0 Å². The summed E-state index contributed by atoms with van der Waals surface area (Å²) >= 11 is 0. The van der Waals surface area contributed by atoms with Crippen molar-refractivity contribution in [3.63, 3.8) is 0 Å². The second-order valence-electron chi connectivity index (χ2n) is 3.75. The maximum atomic E-state index is 11.9. The fourth-order valence-electron chi connectivity index (χ4n) is 1.31. The fourth-order valence-corrected chi connectivity index (χ4v) is 2.33. The first-order valence-electron chi connectivity index (χ1n) is 5.35. The minimum absolute atomic E-state index is 0.191. The standard InChI is InChI=1S/C13H16O3S/c1-4-9-17(15)12-8-6-5-7-11(12)13(14)16-10(2)3/h4-8,10H,1,9H2,2-3H3. The lowest BCUT2D eigenvalue weighted by atomic mass is 10.2. The highest BCUT2D eigenvalue weighted by Gasteiger charge is 2.16. The summed E-state index contributed by atoms with van der Waals surface area (Å²) in [6.07, 6.45) is 1.38. The lowest BCUT2D eigenvalue weighted by Crippen LogP contribution is -2.14. The zero-order chi connectivity index (χ0) is 12.8. The highest BCUT2D eigenvalue weighted by molar-refractivity contribution is 7.85. The highest BCUT2D eigenvalue weighted by atomic mass is 32.2. The Kier molecular flexibility index (Phi) is 5.10. The van der Waals surface area contributed by atoms with Crippen molar-refractivity contribution in [2.45, 2.75) is 24.8 Å². The van der Waals surface area contributed by atoms with Gasteiger partial charge >= 0.3 is 5.97 Å². The van der Waals surface area contributed by atoms with Gasteiger partial charge in [0.2, 0.25) is 0 Å². The van der Waals surface area contributed by atoms with Crippen LogP contribution in [0.5, 0.6) is 0 Å². The number of benzene rings is 1. The van der Waals surface area contributed by atoms with Gasteiger partial charge in [0.25, 0.3) is 0 Å². The van der Waals surface area contributed by atoms with E-state index in [1.54, 1.807) is 44.2 Å². The van der Waals surface area contributed by atoms with Crippen molar-refractivity contribution in [2.24, 2.45) is 0 Å². The third-order valence-corrected chi connectivity index (χ3v) is 3.35. The topological polar surface area (TPSA) is 43.4 Å². The largest absolute Gasteiger partial charge is 0.459 e. The van der Waals surface area contributed by atoms with Crippen LogP contribution >= 0.6 is 0 Å². The van der Waals surface area contributed by atoms with Gasteiger partial charge in [0.1, 0.15) is 0 Å². The summed E-state index contributed by atoms with van der Waals surface area (Å²) in [6.45, 7) is 7.10. The average Bonchev–Trinajstić information content (AvgIpc) is 2.28. The van der Waals surface area contributed by atoms with E-state index in [-0.39, 0.29) is 6.10 Å². The SMILES string of the molecule is C=CCS(=O)c1ccccc1C(=O)OC(C)C. The molecule has 0 aliphatic rings. The molecule has 4 heteroatoms. The lowest BCUT2D eigenvalue weighted by molar-refractivity contribution is 0.0373. The van der Waals surface area contributed by atoms with E-state index in [4.69, 9.17) is 4.74 Å². The number of rotatable bonds is 5. The molecule has 0 saturated carbocycles. The van der Waals surface area contributed by atoms with Crippen molar-refractivity contribution in [2.75, 3.05) is 5.75 Å². The van der Waals surface area contributed by atoms with Crippen molar-refractivity contribution >= 4 is 16.8 Å². The highest BCUT2D eigenvalue weighted by Crippen LogP contribution is 2.15. The van der Waals surface area contributed by atoms with E-state index in [1.807, 2.05) is 0 Å². The minimum Gasteiger partial charge on any atom is -0.459 e. The van der Waals surface area contributed by atoms with E-state index in [0.717, 1.165) is 0 Å². The maximum Gasteiger partial charge on any atom is 0.339 e. The molecule has 1 unspecified atom stereocenters. The van der Waals surface area contributed by atoms with Crippen molar-refractivity contribution in [3.8, 4) is 0 Å². The molecular formula is C13H16O3S. The van der Waals surface area contributed by atoms with Crippen LogP contribution in [0.2, 0.25) is 0 Å². The first-order chi connectivity index (χ1) is 8.06. The molecule has 0 saturated heterocycles. The zero-order valence-electron chi connectivity index (χ0n) is 10.0. The number of hydrogen-bond donors (Lipinski definition) is 0. The Morgan fingerprint density at radius 2 is 2.12 bits per heavy atom. The van der Waals surface area contributed by atoms with Crippen LogP contribution in [0.3, 0.4) is 0 Å². The van der Waals surface area contributed by atoms with Gasteiger partial charge < -0.3 is 4.74 Å². The average molecular weight is 252 g/mol. The minimum atomic E-state index is -1.25. The second-order valence-corrected chi connectivity index (χ2v) is 5.22. The number of hydrogen-bond acceptors (Lipinski definition) is 3. The Labute approximate surface area is 104 Å². The quantitative estimate of drug-likeness (QED) is 0.597. The molecule has 92 valence electrons. The molecule has 0 N–H and O–H groups in total. The van der Waals surface area contributed by atoms with Gasteiger partial charge in [-0.05, 0) is 26.0 Å². The van der Waals surface area contributed by atoms with E-state index in [0.29, 0.717) is 16.2 Å². The summed E-state index contributed by atoms with van der Waals surface area (Å²) in [6, 6.07) is 6.78. The molecule has 0 amide bonds. The predicted octanol–water partition coefficient (Wildman–Crippen LogP) is 2.55. The second kappa shape index (κ2) is 6.35. The number of ether oxygens (including phenoxy) is 1. The number of carbonyl (C=O) groups excluding carboxylic acids is 1. The Morgan fingerprint density at radius 3 is 2.71 bits per heavy atom. The van der Waals surface area contributed by atoms with Gasteiger partial charge in [-0.25, -0.2) is 4.79 Å². The van der Waals surface area contributed by atoms with Crippen LogP contribution in [-0.2, 0) is 15.5 Å². The normalized spacial score (nSPS) is 12.2. The Balaban J connectivity index is 3.03. The number of carbonyl (C=O) groups is 1. The van der Waals surface area contributed by atoms with Crippen LogP contribution in [-0.4, -0.2) is 22.0 Å². The molecule has 0 heterocycles. The molecule has 0 aliphatic carbocycles. The Bertz CT molecular complexity index is 438. The molecule has 0 aromatic heterocycles. The summed E-state index contributed by atoms with van der Waals surface area (Å²) in [5.41, 5.74) is 0.362. The molecule has 0 radical (unpaired) electrons. The molecule has 0 bridgehead atoms. The molecule has 0 fully saturated rings. The van der Waals surface area contributed by atoms with E-state index in [9.17, 15) is 9.00 Å². The van der Waals surface area contributed by atoms with Gasteiger partial charge in [0.05, 0.1) is 27.4 Å². The molecular weight excluding hydrogens is 236 g/mol. The van der Waals surface area contributed by atoms with Crippen LogP contribution in [0.4, 0.5) is 0 Å². The van der Waals surface area contributed by atoms with Crippen LogP contribution < -0.4 is 0 Å². The summed E-state index contributed by atoms with van der Waals surface area (Å²) in [7, 11) is -1.25. The van der Waals surface area contributed by atoms with Crippen molar-refractivity contribution in [1.29, 1.82) is 0 Å². The van der Waals surface area contributed by atoms with Crippen LogP contribution in [0.15, 0.2) is 41.8 Å². The van der Waals surface area contributed by atoms with Gasteiger partial charge in [-0.1, -0.05) is 18.2 Å². The van der Waals surface area contributed by atoms with Gasteiger partial charge in [-0.2, -0.15) is 0 Å². The summed E-state index contributed by atoms with van der Waals surface area (Å²) in [4.78, 5) is 12.3. The predicted molar refractivity (Wildman–Crippen MR) is 68.5 cm³/mol. The smallest absolute Gasteiger partial charge is 0.339 e. The van der Waals surface area contributed by atoms with E-state index in [1.165, 1.54) is 0 Å². The molecule has 1 aromatic carbocycles. The van der Waals surface area contributed by atoms with Crippen molar-refractivity contribution in [3.05, 3.63) is 42.5 Å². The molecule has 3 nitrogen and oxygen atoms in total. The van der Waals surface area contributed by atoms with Gasteiger partial charge in [-0.15, -0.1) is 6.58 Å². The molecule has 0 aliphatic heterocycles. The summed E-state index contributed by atoms with van der Waals surface area (Å²) in [5, 5.41) is 0. The first-order valence-corrected chi connectivity index (χ1v) is 6.67. The molecule has 1 atom stereocenters. The van der Waals surface area contributed by atoms with Crippen molar-refractivity contribution < 1.29 is 13.7 Å². The van der Waals surface area contributed by atoms with Gasteiger partial charge in [0.15, 0.2) is 0 Å². The van der Waals surface area contributed by atoms with Gasteiger partial charge in [0, 0.05) is 5.75 Å².